The van der Waals surface area contributed by atoms with Crippen molar-refractivity contribution in [2.75, 3.05) is 11.4 Å². The Kier molecular flexibility index (Phi) is 3.28. The SMILES string of the molecule is N#CCc1cccc(N2CC(C(N)=O)CC2=O)c1. The Morgan fingerprint density at radius 2 is 2.33 bits per heavy atom. The van der Waals surface area contributed by atoms with Gasteiger partial charge in [-0.2, -0.15) is 5.26 Å². The van der Waals surface area contributed by atoms with E-state index in [1.165, 1.54) is 0 Å². The molecular weight excluding hydrogens is 230 g/mol. The van der Waals surface area contributed by atoms with Crippen molar-refractivity contribution in [1.29, 1.82) is 5.26 Å². The Morgan fingerprint density at radius 3 is 2.94 bits per heavy atom. The van der Waals surface area contributed by atoms with Gasteiger partial charge < -0.3 is 10.6 Å². The molecule has 0 aromatic heterocycles. The van der Waals surface area contributed by atoms with E-state index in [-0.39, 0.29) is 12.3 Å². The molecular formula is C13H13N3O2. The number of carbonyl (C=O) groups excluding carboxylic acids is 2. The summed E-state index contributed by atoms with van der Waals surface area (Å²) in [6.07, 6.45) is 0.465. The maximum absolute atomic E-state index is 11.8. The molecule has 0 spiro atoms. The lowest BCUT2D eigenvalue weighted by Crippen LogP contribution is -2.28. The van der Waals surface area contributed by atoms with Crippen molar-refractivity contribution >= 4 is 17.5 Å². The van der Waals surface area contributed by atoms with Crippen LogP contribution in [0.5, 0.6) is 0 Å². The van der Waals surface area contributed by atoms with Crippen molar-refractivity contribution in [2.45, 2.75) is 12.8 Å². The number of hydrogen-bond acceptors (Lipinski definition) is 3. The molecule has 1 aliphatic heterocycles. The molecule has 1 aromatic carbocycles. The molecule has 1 aliphatic rings. The van der Waals surface area contributed by atoms with E-state index in [1.54, 1.807) is 23.1 Å². The molecule has 1 saturated heterocycles. The molecule has 18 heavy (non-hydrogen) atoms. The van der Waals surface area contributed by atoms with Crippen molar-refractivity contribution < 1.29 is 9.59 Å². The van der Waals surface area contributed by atoms with Gasteiger partial charge >= 0.3 is 0 Å². The highest BCUT2D eigenvalue weighted by atomic mass is 16.2. The maximum atomic E-state index is 11.8. The average molecular weight is 243 g/mol. The van der Waals surface area contributed by atoms with Crippen LogP contribution in [0.15, 0.2) is 24.3 Å². The van der Waals surface area contributed by atoms with Crippen LogP contribution in [-0.4, -0.2) is 18.4 Å². The molecule has 1 unspecified atom stereocenters. The number of carbonyl (C=O) groups is 2. The van der Waals surface area contributed by atoms with Crippen molar-refractivity contribution in [3.63, 3.8) is 0 Å². The zero-order valence-electron chi connectivity index (χ0n) is 9.80. The summed E-state index contributed by atoms with van der Waals surface area (Å²) >= 11 is 0. The first kappa shape index (κ1) is 12.1. The van der Waals surface area contributed by atoms with E-state index in [9.17, 15) is 9.59 Å². The summed E-state index contributed by atoms with van der Waals surface area (Å²) < 4.78 is 0. The molecule has 1 heterocycles. The smallest absolute Gasteiger partial charge is 0.227 e. The Labute approximate surface area is 105 Å². The molecule has 5 heteroatoms. The third-order valence-corrected chi connectivity index (χ3v) is 3.03. The fourth-order valence-corrected chi connectivity index (χ4v) is 2.07. The van der Waals surface area contributed by atoms with Crippen molar-refractivity contribution in [2.24, 2.45) is 11.7 Å². The van der Waals surface area contributed by atoms with E-state index in [0.29, 0.717) is 13.0 Å². The fourth-order valence-electron chi connectivity index (χ4n) is 2.07. The maximum Gasteiger partial charge on any atom is 0.227 e. The molecule has 0 saturated carbocycles. The summed E-state index contributed by atoms with van der Waals surface area (Å²) in [6, 6.07) is 9.28. The van der Waals surface area contributed by atoms with Gasteiger partial charge in [-0.05, 0) is 17.7 Å². The predicted octanol–water partition coefficient (Wildman–Crippen LogP) is 0.591. The first-order valence-electron chi connectivity index (χ1n) is 5.67. The molecule has 0 aliphatic carbocycles. The Bertz CT molecular complexity index is 533. The number of nitriles is 1. The van der Waals surface area contributed by atoms with Gasteiger partial charge in [-0.1, -0.05) is 12.1 Å². The topological polar surface area (TPSA) is 87.2 Å². The fraction of sp³-hybridized carbons (Fsp3) is 0.308. The third kappa shape index (κ3) is 2.33. The minimum Gasteiger partial charge on any atom is -0.369 e. The Balaban J connectivity index is 2.22. The number of primary amides is 1. The standard InChI is InChI=1S/C13H13N3O2/c14-5-4-9-2-1-3-11(6-9)16-8-10(13(15)18)7-12(16)17/h1-3,6,10H,4,7-8H2,(H2,15,18). The molecule has 2 amide bonds. The summed E-state index contributed by atoms with van der Waals surface area (Å²) in [5.74, 6) is -0.968. The minimum absolute atomic E-state index is 0.104. The van der Waals surface area contributed by atoms with E-state index in [2.05, 4.69) is 6.07 Å². The van der Waals surface area contributed by atoms with Gasteiger partial charge in [-0.3, -0.25) is 9.59 Å². The third-order valence-electron chi connectivity index (χ3n) is 3.03. The van der Waals surface area contributed by atoms with Gasteiger partial charge in [-0.25, -0.2) is 0 Å². The zero-order valence-corrected chi connectivity index (χ0v) is 9.80. The highest BCUT2D eigenvalue weighted by molar-refractivity contribution is 6.00. The summed E-state index contributed by atoms with van der Waals surface area (Å²) in [7, 11) is 0. The monoisotopic (exact) mass is 243 g/mol. The first-order valence-corrected chi connectivity index (χ1v) is 5.67. The molecule has 0 radical (unpaired) electrons. The van der Waals surface area contributed by atoms with E-state index >= 15 is 0 Å². The van der Waals surface area contributed by atoms with E-state index in [0.717, 1.165) is 11.3 Å². The Hall–Kier alpha value is -2.35. The normalized spacial score (nSPS) is 18.7. The summed E-state index contributed by atoms with van der Waals surface area (Å²) in [5.41, 5.74) is 6.79. The lowest BCUT2D eigenvalue weighted by Gasteiger charge is -2.16. The number of nitrogens with zero attached hydrogens (tertiary/aromatic N) is 2. The largest absolute Gasteiger partial charge is 0.369 e. The van der Waals surface area contributed by atoms with Crippen LogP contribution in [0.3, 0.4) is 0 Å². The van der Waals surface area contributed by atoms with Crippen LogP contribution in [0.1, 0.15) is 12.0 Å². The number of amides is 2. The average Bonchev–Trinajstić information content (AvgIpc) is 2.72. The molecule has 92 valence electrons. The second kappa shape index (κ2) is 4.88. The van der Waals surface area contributed by atoms with E-state index < -0.39 is 11.8 Å². The van der Waals surface area contributed by atoms with Crippen LogP contribution < -0.4 is 10.6 Å². The van der Waals surface area contributed by atoms with Crippen LogP contribution in [0, 0.1) is 17.2 Å². The van der Waals surface area contributed by atoms with E-state index in [4.69, 9.17) is 11.0 Å². The number of anilines is 1. The van der Waals surface area contributed by atoms with Gasteiger partial charge in [0.25, 0.3) is 0 Å². The highest BCUT2D eigenvalue weighted by Gasteiger charge is 2.33. The molecule has 1 fully saturated rings. The molecule has 0 bridgehead atoms. The predicted molar refractivity (Wildman–Crippen MR) is 65.4 cm³/mol. The van der Waals surface area contributed by atoms with Crippen LogP contribution >= 0.6 is 0 Å². The highest BCUT2D eigenvalue weighted by Crippen LogP contribution is 2.25. The summed E-state index contributed by atoms with van der Waals surface area (Å²) in [6.45, 7) is 0.324. The van der Waals surface area contributed by atoms with Crippen molar-refractivity contribution in [1.82, 2.24) is 0 Å². The molecule has 1 aromatic rings. The minimum atomic E-state index is -0.445. The molecule has 2 rings (SSSR count). The van der Waals surface area contributed by atoms with Crippen LogP contribution in [0.25, 0.3) is 0 Å². The van der Waals surface area contributed by atoms with Gasteiger partial charge in [0.05, 0.1) is 18.4 Å². The number of nitrogens with two attached hydrogens (primary N) is 1. The van der Waals surface area contributed by atoms with Gasteiger partial charge in [0.1, 0.15) is 0 Å². The number of benzene rings is 1. The quantitative estimate of drug-likeness (QED) is 0.842. The molecule has 1 atom stereocenters. The van der Waals surface area contributed by atoms with Crippen LogP contribution in [0.4, 0.5) is 5.69 Å². The second-order valence-electron chi connectivity index (χ2n) is 4.31. The molecule has 5 nitrogen and oxygen atoms in total. The lowest BCUT2D eigenvalue weighted by molar-refractivity contribution is -0.123. The summed E-state index contributed by atoms with van der Waals surface area (Å²) in [4.78, 5) is 24.5. The van der Waals surface area contributed by atoms with Crippen LogP contribution in [-0.2, 0) is 16.0 Å². The lowest BCUT2D eigenvalue weighted by atomic mass is 10.1. The number of hydrogen-bond donors (Lipinski definition) is 1. The number of rotatable bonds is 3. The second-order valence-corrected chi connectivity index (χ2v) is 4.31. The summed E-state index contributed by atoms with van der Waals surface area (Å²) in [5, 5.41) is 8.65. The van der Waals surface area contributed by atoms with Gasteiger partial charge in [0, 0.05) is 18.7 Å². The van der Waals surface area contributed by atoms with Gasteiger partial charge in [-0.15, -0.1) is 0 Å². The first-order chi connectivity index (χ1) is 8.61. The van der Waals surface area contributed by atoms with E-state index in [1.807, 2.05) is 6.07 Å². The van der Waals surface area contributed by atoms with Crippen molar-refractivity contribution in [3.05, 3.63) is 29.8 Å². The van der Waals surface area contributed by atoms with Crippen LogP contribution in [0.2, 0.25) is 0 Å². The van der Waals surface area contributed by atoms with Gasteiger partial charge in [0.15, 0.2) is 0 Å². The Morgan fingerprint density at radius 1 is 1.56 bits per heavy atom. The van der Waals surface area contributed by atoms with Gasteiger partial charge in [0.2, 0.25) is 11.8 Å². The molecule has 2 N–H and O–H groups in total. The zero-order chi connectivity index (χ0) is 13.1. The van der Waals surface area contributed by atoms with Crippen molar-refractivity contribution in [3.8, 4) is 6.07 Å².